The summed E-state index contributed by atoms with van der Waals surface area (Å²) in [7, 11) is 0. The number of halogens is 3. The molecule has 0 bridgehead atoms. The molecular formula is C28H33F3N6O4S. The minimum atomic E-state index is -3.02. The number of carbonyl (C=O) groups excluding carboxylic acids is 1. The maximum atomic E-state index is 15.4. The lowest BCUT2D eigenvalue weighted by Crippen LogP contribution is -2.44. The van der Waals surface area contributed by atoms with E-state index in [0.29, 0.717) is 27.8 Å². The molecule has 0 amide bonds. The number of pyridine rings is 1. The van der Waals surface area contributed by atoms with Gasteiger partial charge in [-0.25, -0.2) is 23.5 Å². The van der Waals surface area contributed by atoms with Gasteiger partial charge in [0.2, 0.25) is 5.95 Å². The Labute approximate surface area is 245 Å². The summed E-state index contributed by atoms with van der Waals surface area (Å²) in [5, 5.41) is 15.0. The first kappa shape index (κ1) is 30.1. The zero-order valence-corrected chi connectivity index (χ0v) is 24.6. The molecule has 0 aromatic carbocycles. The van der Waals surface area contributed by atoms with Gasteiger partial charge >= 0.3 is 11.9 Å². The number of amidine groups is 1. The normalized spacial score (nSPS) is 24.4. The van der Waals surface area contributed by atoms with Crippen LogP contribution in [0.2, 0.25) is 0 Å². The van der Waals surface area contributed by atoms with Crippen LogP contribution in [0.3, 0.4) is 0 Å². The Morgan fingerprint density at radius 2 is 2.05 bits per heavy atom. The molecule has 226 valence electrons. The van der Waals surface area contributed by atoms with Crippen molar-refractivity contribution in [3.8, 4) is 0 Å². The van der Waals surface area contributed by atoms with Crippen LogP contribution in [0.4, 0.5) is 13.2 Å². The number of ether oxygens (including phenoxy) is 1. The average Bonchev–Trinajstić information content (AvgIpc) is 3.62. The van der Waals surface area contributed by atoms with E-state index >= 15 is 8.78 Å². The molecule has 2 aromatic heterocycles. The number of nitrogens with zero attached hydrogens (tertiary/aromatic N) is 5. The highest BCUT2D eigenvalue weighted by Gasteiger charge is 2.58. The van der Waals surface area contributed by atoms with Crippen LogP contribution in [0.1, 0.15) is 43.1 Å². The zero-order valence-electron chi connectivity index (χ0n) is 23.7. The summed E-state index contributed by atoms with van der Waals surface area (Å²) in [6.07, 6.45) is 1.60. The second-order valence-electron chi connectivity index (χ2n) is 11.5. The molecule has 2 saturated heterocycles. The third-order valence-corrected chi connectivity index (χ3v) is 8.77. The number of aliphatic imine (C=N–C) groups is 1. The molecule has 1 unspecified atom stereocenters. The summed E-state index contributed by atoms with van der Waals surface area (Å²) < 4.78 is 50.1. The molecule has 0 radical (unpaired) electrons. The van der Waals surface area contributed by atoms with Gasteiger partial charge in [-0.1, -0.05) is 6.07 Å². The van der Waals surface area contributed by atoms with Gasteiger partial charge in [0, 0.05) is 60.8 Å². The van der Waals surface area contributed by atoms with Crippen LogP contribution < -0.4 is 5.32 Å². The number of aromatic nitrogens is 2. The summed E-state index contributed by atoms with van der Waals surface area (Å²) in [4.78, 5) is 41.6. The Morgan fingerprint density at radius 3 is 2.69 bits per heavy atom. The fourth-order valence-corrected chi connectivity index (χ4v) is 6.55. The van der Waals surface area contributed by atoms with Gasteiger partial charge in [-0.3, -0.25) is 14.7 Å². The SMILES string of the molecule is CCOC(=O)C1=C(CN2CC(F)(F)[C@@H]3CN(CC(C)(C)C(=O)O)C[C@@H]32)NC(c2nccs2)=NC1c1ccc(F)nc1C. The number of rotatable bonds is 9. The molecule has 0 aliphatic carbocycles. The van der Waals surface area contributed by atoms with E-state index in [0.717, 1.165) is 0 Å². The fourth-order valence-electron chi connectivity index (χ4n) is 5.96. The Kier molecular flexibility index (Phi) is 8.16. The van der Waals surface area contributed by atoms with Crippen molar-refractivity contribution in [2.24, 2.45) is 16.3 Å². The number of hydrogen-bond donors (Lipinski definition) is 2. The summed E-state index contributed by atoms with van der Waals surface area (Å²) >= 11 is 1.31. The van der Waals surface area contributed by atoms with Crippen molar-refractivity contribution in [2.75, 3.05) is 39.3 Å². The molecule has 3 atom stereocenters. The molecule has 14 heteroatoms. The number of esters is 1. The Morgan fingerprint density at radius 1 is 1.29 bits per heavy atom. The molecule has 2 fully saturated rings. The number of fused-ring (bicyclic) bond motifs is 1. The predicted octanol–water partition coefficient (Wildman–Crippen LogP) is 3.26. The van der Waals surface area contributed by atoms with Gasteiger partial charge in [-0.05, 0) is 33.8 Å². The molecule has 2 N–H and O–H groups in total. The van der Waals surface area contributed by atoms with E-state index in [9.17, 15) is 19.1 Å². The van der Waals surface area contributed by atoms with Gasteiger partial charge < -0.3 is 20.1 Å². The number of carboxylic acids is 1. The highest BCUT2D eigenvalue weighted by molar-refractivity contribution is 7.11. The van der Waals surface area contributed by atoms with Crippen molar-refractivity contribution in [2.45, 2.75) is 45.7 Å². The van der Waals surface area contributed by atoms with Crippen molar-refractivity contribution < 1.29 is 32.6 Å². The number of aliphatic carboxylic acids is 1. The number of carboxylic acid groups (broad SMARTS) is 1. The van der Waals surface area contributed by atoms with Crippen LogP contribution in [-0.2, 0) is 14.3 Å². The molecule has 10 nitrogen and oxygen atoms in total. The number of carbonyl (C=O) groups is 2. The summed E-state index contributed by atoms with van der Waals surface area (Å²) in [6, 6.07) is 1.18. The van der Waals surface area contributed by atoms with Crippen molar-refractivity contribution >= 4 is 29.1 Å². The van der Waals surface area contributed by atoms with Crippen LogP contribution in [0.5, 0.6) is 0 Å². The molecule has 5 rings (SSSR count). The van der Waals surface area contributed by atoms with Crippen LogP contribution in [0.25, 0.3) is 0 Å². The maximum absolute atomic E-state index is 15.4. The number of thiazole rings is 1. The van der Waals surface area contributed by atoms with Crippen LogP contribution >= 0.6 is 11.3 Å². The second kappa shape index (κ2) is 11.4. The smallest absolute Gasteiger partial charge is 0.338 e. The monoisotopic (exact) mass is 606 g/mol. The maximum Gasteiger partial charge on any atom is 0.338 e. The third kappa shape index (κ3) is 5.79. The minimum absolute atomic E-state index is 0.0460. The van der Waals surface area contributed by atoms with Crippen LogP contribution in [0.15, 0.2) is 40.0 Å². The summed E-state index contributed by atoms with van der Waals surface area (Å²) in [5.41, 5.74) is 0.160. The lowest BCUT2D eigenvalue weighted by Gasteiger charge is -2.32. The number of hydrogen-bond acceptors (Lipinski definition) is 10. The molecule has 3 aliphatic heterocycles. The molecule has 42 heavy (non-hydrogen) atoms. The minimum Gasteiger partial charge on any atom is -0.481 e. The van der Waals surface area contributed by atoms with E-state index < -0.39 is 53.8 Å². The summed E-state index contributed by atoms with van der Waals surface area (Å²) in [5.74, 6) is -6.02. The van der Waals surface area contributed by atoms with E-state index in [1.54, 1.807) is 49.1 Å². The van der Waals surface area contributed by atoms with Crippen LogP contribution in [0, 0.1) is 24.2 Å². The van der Waals surface area contributed by atoms with Crippen LogP contribution in [-0.4, -0.2) is 93.9 Å². The van der Waals surface area contributed by atoms with Gasteiger partial charge in [0.05, 0.1) is 30.1 Å². The zero-order chi connectivity index (χ0) is 30.4. The number of likely N-dealkylation sites (tertiary alicyclic amines) is 2. The van der Waals surface area contributed by atoms with Crippen molar-refractivity contribution in [1.29, 1.82) is 0 Å². The van der Waals surface area contributed by atoms with Gasteiger partial charge in [0.1, 0.15) is 6.04 Å². The topological polar surface area (TPSA) is 120 Å². The largest absolute Gasteiger partial charge is 0.481 e. The third-order valence-electron chi connectivity index (χ3n) is 7.99. The van der Waals surface area contributed by atoms with E-state index in [1.807, 2.05) is 0 Å². The molecular weight excluding hydrogens is 573 g/mol. The van der Waals surface area contributed by atoms with E-state index in [1.165, 1.54) is 23.5 Å². The first-order valence-corrected chi connectivity index (χ1v) is 14.5. The first-order valence-electron chi connectivity index (χ1n) is 13.7. The lowest BCUT2D eigenvalue weighted by molar-refractivity contribution is -0.148. The van der Waals surface area contributed by atoms with Gasteiger partial charge in [-0.15, -0.1) is 11.3 Å². The van der Waals surface area contributed by atoms with Gasteiger partial charge in [-0.2, -0.15) is 4.39 Å². The highest BCUT2D eigenvalue weighted by Crippen LogP contribution is 2.44. The van der Waals surface area contributed by atoms with Crippen molar-refractivity contribution in [1.82, 2.24) is 25.1 Å². The highest BCUT2D eigenvalue weighted by atomic mass is 32.1. The molecule has 3 aliphatic rings. The standard InChI is InChI=1S/C28H33F3N6O4S/c1-5-41-25(38)21-18(11-37-14-28(30,31)17-10-36(12-19(17)37)13-27(3,4)26(39)40)34-23(24-32-8-9-42-24)35-22(21)16-6-7-20(29)33-15(16)2/h6-9,17,19,22H,5,10-14H2,1-4H3,(H,34,35)(H,39,40)/t17-,19+,22?/m1/s1. The van der Waals surface area contributed by atoms with E-state index in [-0.39, 0.29) is 38.4 Å². The summed E-state index contributed by atoms with van der Waals surface area (Å²) in [6.45, 7) is 6.39. The van der Waals surface area contributed by atoms with E-state index in [2.05, 4.69) is 15.3 Å². The van der Waals surface area contributed by atoms with Crippen molar-refractivity contribution in [3.05, 3.63) is 57.2 Å². The Balaban J connectivity index is 1.53. The average molecular weight is 607 g/mol. The number of aryl methyl sites for hydroxylation is 1. The Bertz CT molecular complexity index is 1430. The molecule has 0 saturated carbocycles. The quantitative estimate of drug-likeness (QED) is 0.327. The number of nitrogens with one attached hydrogen (secondary N) is 1. The Hall–Kier alpha value is -3.36. The number of alkyl halides is 2. The lowest BCUT2D eigenvalue weighted by atomic mass is 9.93. The van der Waals surface area contributed by atoms with Gasteiger partial charge in [0.15, 0.2) is 10.8 Å². The molecule has 2 aromatic rings. The fraction of sp³-hybridized carbons (Fsp3) is 0.536. The predicted molar refractivity (Wildman–Crippen MR) is 149 cm³/mol. The first-order chi connectivity index (χ1) is 19.8. The van der Waals surface area contributed by atoms with Crippen molar-refractivity contribution in [3.63, 3.8) is 0 Å². The molecule has 5 heterocycles. The molecule has 0 spiro atoms. The second-order valence-corrected chi connectivity index (χ2v) is 12.4. The van der Waals surface area contributed by atoms with Gasteiger partial charge in [0.25, 0.3) is 5.92 Å². The van der Waals surface area contributed by atoms with E-state index in [4.69, 9.17) is 9.73 Å².